The Morgan fingerprint density at radius 1 is 1.12 bits per heavy atom. The van der Waals surface area contributed by atoms with Crippen LogP contribution in [-0.4, -0.2) is 22.5 Å². The van der Waals surface area contributed by atoms with E-state index in [1.54, 1.807) is 43.0 Å². The maximum atomic E-state index is 12.6. The number of hydrogen-bond donors (Lipinski definition) is 1. The lowest BCUT2D eigenvalue weighted by Gasteiger charge is -2.24. The van der Waals surface area contributed by atoms with Crippen LogP contribution in [0.3, 0.4) is 0 Å². The number of thioether (sulfide) groups is 1. The highest BCUT2D eigenvalue weighted by Gasteiger charge is 2.34. The zero-order chi connectivity index (χ0) is 23.5. The van der Waals surface area contributed by atoms with E-state index < -0.39 is 10.8 Å². The summed E-state index contributed by atoms with van der Waals surface area (Å²) < 4.78 is 0. The Morgan fingerprint density at radius 3 is 2.45 bits per heavy atom. The number of benzene rings is 3. The summed E-state index contributed by atoms with van der Waals surface area (Å²) in [7, 11) is 0. The third-order valence-corrected chi connectivity index (χ3v) is 6.82. The van der Waals surface area contributed by atoms with Crippen molar-refractivity contribution in [3.05, 3.63) is 99.1 Å². The van der Waals surface area contributed by atoms with Crippen LogP contribution in [0, 0.1) is 17.0 Å². The van der Waals surface area contributed by atoms with Crippen molar-refractivity contribution >= 4 is 40.6 Å². The second-order valence-corrected chi connectivity index (χ2v) is 8.85. The SMILES string of the molecule is CCc1ccc(N2C(=O)CS[C@H]2c2ccc(NC(=O)c3ccc(C)c([N+](=O)[O-])c3)cc2)cc1. The number of rotatable bonds is 6. The van der Waals surface area contributed by atoms with Crippen LogP contribution in [0.4, 0.5) is 17.1 Å². The molecule has 0 radical (unpaired) electrons. The summed E-state index contributed by atoms with van der Waals surface area (Å²) >= 11 is 1.56. The van der Waals surface area contributed by atoms with Crippen molar-refractivity contribution in [1.82, 2.24) is 0 Å². The van der Waals surface area contributed by atoms with Crippen molar-refractivity contribution in [1.29, 1.82) is 0 Å². The maximum absolute atomic E-state index is 12.6. The monoisotopic (exact) mass is 461 g/mol. The van der Waals surface area contributed by atoms with E-state index in [2.05, 4.69) is 12.2 Å². The summed E-state index contributed by atoms with van der Waals surface area (Å²) in [4.78, 5) is 37.6. The minimum atomic E-state index is -0.497. The van der Waals surface area contributed by atoms with Gasteiger partial charge in [0.1, 0.15) is 5.37 Å². The van der Waals surface area contributed by atoms with Crippen molar-refractivity contribution < 1.29 is 14.5 Å². The molecule has 2 amide bonds. The van der Waals surface area contributed by atoms with Crippen molar-refractivity contribution in [3.63, 3.8) is 0 Å². The van der Waals surface area contributed by atoms with E-state index >= 15 is 0 Å². The molecule has 1 heterocycles. The molecule has 1 atom stereocenters. The van der Waals surface area contributed by atoms with Crippen LogP contribution in [0.15, 0.2) is 66.7 Å². The largest absolute Gasteiger partial charge is 0.322 e. The van der Waals surface area contributed by atoms with Crippen molar-refractivity contribution in [3.8, 4) is 0 Å². The molecule has 0 aliphatic carbocycles. The number of nitro benzene ring substituents is 1. The first-order valence-electron chi connectivity index (χ1n) is 10.6. The molecule has 0 aromatic heterocycles. The Hall–Kier alpha value is -3.65. The average Bonchev–Trinajstić information content (AvgIpc) is 3.21. The van der Waals surface area contributed by atoms with Gasteiger partial charge in [0.2, 0.25) is 5.91 Å². The van der Waals surface area contributed by atoms with Crippen LogP contribution in [0.2, 0.25) is 0 Å². The molecule has 1 saturated heterocycles. The highest BCUT2D eigenvalue weighted by Crippen LogP contribution is 2.42. The van der Waals surface area contributed by atoms with Gasteiger partial charge in [-0.2, -0.15) is 0 Å². The van der Waals surface area contributed by atoms with Crippen LogP contribution < -0.4 is 10.2 Å². The van der Waals surface area contributed by atoms with E-state index in [1.165, 1.54) is 11.6 Å². The number of hydrogen-bond acceptors (Lipinski definition) is 5. The predicted molar refractivity (Wildman–Crippen MR) is 131 cm³/mol. The molecule has 1 aliphatic rings. The molecule has 0 saturated carbocycles. The second-order valence-electron chi connectivity index (χ2n) is 7.78. The van der Waals surface area contributed by atoms with Gasteiger partial charge in [0.25, 0.3) is 11.6 Å². The molecule has 1 N–H and O–H groups in total. The van der Waals surface area contributed by atoms with Crippen molar-refractivity contribution in [2.45, 2.75) is 25.6 Å². The van der Waals surface area contributed by atoms with Gasteiger partial charge in [0, 0.05) is 28.6 Å². The minimum absolute atomic E-state index is 0.0626. The van der Waals surface area contributed by atoms with Gasteiger partial charge in [0.05, 0.1) is 10.7 Å². The lowest BCUT2D eigenvalue weighted by Crippen LogP contribution is -2.27. The van der Waals surface area contributed by atoms with Gasteiger partial charge in [-0.05, 0) is 54.8 Å². The molecule has 0 unspecified atom stereocenters. The minimum Gasteiger partial charge on any atom is -0.322 e. The Balaban J connectivity index is 1.50. The molecule has 3 aromatic rings. The molecule has 4 rings (SSSR count). The molecule has 8 heteroatoms. The molecule has 0 spiro atoms. The maximum Gasteiger partial charge on any atom is 0.273 e. The van der Waals surface area contributed by atoms with Gasteiger partial charge in [0.15, 0.2) is 0 Å². The first-order valence-corrected chi connectivity index (χ1v) is 11.6. The normalized spacial score (nSPS) is 15.5. The molecule has 1 aliphatic heterocycles. The fourth-order valence-electron chi connectivity index (χ4n) is 3.72. The number of nitrogens with zero attached hydrogens (tertiary/aromatic N) is 2. The molecule has 168 valence electrons. The third-order valence-electron chi connectivity index (χ3n) is 5.61. The molecule has 7 nitrogen and oxygen atoms in total. The smallest absolute Gasteiger partial charge is 0.273 e. The van der Waals surface area contributed by atoms with Crippen LogP contribution >= 0.6 is 11.8 Å². The number of aryl methyl sites for hydroxylation is 2. The van der Waals surface area contributed by atoms with Gasteiger partial charge < -0.3 is 5.32 Å². The molecule has 3 aromatic carbocycles. The van der Waals surface area contributed by atoms with Crippen LogP contribution in [0.5, 0.6) is 0 Å². The number of nitro groups is 1. The molecular formula is C25H23N3O4S. The standard InChI is InChI=1S/C25H23N3O4S/c1-3-17-5-12-21(13-6-17)27-23(29)15-33-25(27)18-8-10-20(11-9-18)26-24(30)19-7-4-16(2)22(14-19)28(31)32/h4-14,25H,3,15H2,1-2H3,(H,26,30)/t25-/m0/s1. The van der Waals surface area contributed by atoms with Gasteiger partial charge in [-0.3, -0.25) is 24.6 Å². The van der Waals surface area contributed by atoms with Gasteiger partial charge >= 0.3 is 0 Å². The lowest BCUT2D eigenvalue weighted by molar-refractivity contribution is -0.385. The summed E-state index contributed by atoms with van der Waals surface area (Å²) in [6.45, 7) is 3.72. The number of amides is 2. The zero-order valence-corrected chi connectivity index (χ0v) is 19.1. The van der Waals surface area contributed by atoms with E-state index in [4.69, 9.17) is 0 Å². The topological polar surface area (TPSA) is 92.6 Å². The lowest BCUT2D eigenvalue weighted by atomic mass is 10.1. The van der Waals surface area contributed by atoms with E-state index in [1.807, 2.05) is 41.3 Å². The Labute approximate surface area is 196 Å². The van der Waals surface area contributed by atoms with Crippen molar-refractivity contribution in [2.75, 3.05) is 16.0 Å². The molecule has 1 fully saturated rings. The third kappa shape index (κ3) is 4.75. The highest BCUT2D eigenvalue weighted by atomic mass is 32.2. The number of nitrogens with one attached hydrogen (secondary N) is 1. The van der Waals surface area contributed by atoms with Crippen LogP contribution in [-0.2, 0) is 11.2 Å². The van der Waals surface area contributed by atoms with E-state index in [0.717, 1.165) is 17.7 Å². The summed E-state index contributed by atoms with van der Waals surface area (Å²) in [5, 5.41) is 13.8. The Bertz CT molecular complexity index is 1210. The first kappa shape index (κ1) is 22.5. The average molecular weight is 462 g/mol. The fraction of sp³-hybridized carbons (Fsp3) is 0.200. The molecule has 33 heavy (non-hydrogen) atoms. The van der Waals surface area contributed by atoms with Gasteiger partial charge in [-0.25, -0.2) is 0 Å². The first-order chi connectivity index (χ1) is 15.9. The number of anilines is 2. The van der Waals surface area contributed by atoms with Gasteiger partial charge in [-0.15, -0.1) is 11.8 Å². The van der Waals surface area contributed by atoms with Crippen molar-refractivity contribution in [2.24, 2.45) is 0 Å². The van der Waals surface area contributed by atoms with Crippen LogP contribution in [0.25, 0.3) is 0 Å². The second kappa shape index (κ2) is 9.46. The summed E-state index contributed by atoms with van der Waals surface area (Å²) in [6, 6.07) is 19.8. The Morgan fingerprint density at radius 2 is 1.82 bits per heavy atom. The van der Waals surface area contributed by atoms with E-state index in [9.17, 15) is 19.7 Å². The van der Waals surface area contributed by atoms with E-state index in [0.29, 0.717) is 17.0 Å². The van der Waals surface area contributed by atoms with Gasteiger partial charge in [-0.1, -0.05) is 37.3 Å². The summed E-state index contributed by atoms with van der Waals surface area (Å²) in [6.07, 6.45) is 0.940. The summed E-state index contributed by atoms with van der Waals surface area (Å²) in [5.74, 6) is 0.0479. The highest BCUT2D eigenvalue weighted by molar-refractivity contribution is 8.00. The quantitative estimate of drug-likeness (QED) is 0.387. The molecule has 0 bridgehead atoms. The number of carbonyl (C=O) groups excluding carboxylic acids is 2. The summed E-state index contributed by atoms with van der Waals surface area (Å²) in [5.41, 5.74) is 4.23. The zero-order valence-electron chi connectivity index (χ0n) is 18.3. The number of carbonyl (C=O) groups is 2. The van der Waals surface area contributed by atoms with E-state index in [-0.39, 0.29) is 22.5 Å². The van der Waals surface area contributed by atoms with Crippen LogP contribution in [0.1, 0.15) is 39.3 Å². The fourth-order valence-corrected chi connectivity index (χ4v) is 4.90. The predicted octanol–water partition coefficient (Wildman–Crippen LogP) is 5.50. The Kier molecular flexibility index (Phi) is 6.46. The molecular weight excluding hydrogens is 438 g/mol.